The number of aliphatic hydroxyl groups excluding tert-OH is 1. The van der Waals surface area contributed by atoms with Crippen molar-refractivity contribution >= 4 is 11.9 Å². The maximum atomic E-state index is 13.7. The summed E-state index contributed by atoms with van der Waals surface area (Å²) in [6.07, 6.45) is -0.494. The molecule has 3 fully saturated rings. The number of hydrogen-bond acceptors (Lipinski definition) is 12. The minimum Gasteiger partial charge on any atom is -0.459 e. The first-order chi connectivity index (χ1) is 21.7. The van der Waals surface area contributed by atoms with Crippen LogP contribution < -0.4 is 0 Å². The van der Waals surface area contributed by atoms with Gasteiger partial charge in [-0.05, 0) is 114 Å². The van der Waals surface area contributed by atoms with Gasteiger partial charge in [-0.1, -0.05) is 0 Å². The average Bonchev–Trinajstić information content (AvgIpc) is 2.92. The quantitative estimate of drug-likeness (QED) is 0.191. The third-order valence-electron chi connectivity index (χ3n) is 10.4. The van der Waals surface area contributed by atoms with Gasteiger partial charge in [-0.3, -0.25) is 0 Å². The van der Waals surface area contributed by atoms with Crippen molar-refractivity contribution < 1.29 is 44.5 Å². The zero-order valence-corrected chi connectivity index (χ0v) is 31.0. The number of hydroxylamine groups is 6. The van der Waals surface area contributed by atoms with Gasteiger partial charge in [-0.2, -0.15) is 15.2 Å². The minimum absolute atomic E-state index is 0.0563. The van der Waals surface area contributed by atoms with Gasteiger partial charge < -0.3 is 34.9 Å². The highest BCUT2D eigenvalue weighted by Gasteiger charge is 2.49. The van der Waals surface area contributed by atoms with Gasteiger partial charge in [-0.15, -0.1) is 0 Å². The van der Waals surface area contributed by atoms with Gasteiger partial charge in [0.15, 0.2) is 6.29 Å². The van der Waals surface area contributed by atoms with E-state index in [1.54, 1.807) is 0 Å². The Balaban J connectivity index is 1.63. The van der Waals surface area contributed by atoms with Crippen LogP contribution in [0.15, 0.2) is 18.2 Å². The van der Waals surface area contributed by atoms with E-state index >= 15 is 0 Å². The van der Waals surface area contributed by atoms with Crippen LogP contribution in [0, 0.1) is 0 Å². The van der Waals surface area contributed by atoms with Gasteiger partial charge in [-0.25, -0.2) is 9.59 Å². The van der Waals surface area contributed by atoms with Crippen LogP contribution in [0.5, 0.6) is 0 Å². The molecule has 0 spiro atoms. The summed E-state index contributed by atoms with van der Waals surface area (Å²) >= 11 is 0. The van der Waals surface area contributed by atoms with Crippen LogP contribution >= 0.6 is 0 Å². The molecule has 3 heterocycles. The molecule has 0 bridgehead atoms. The Kier molecular flexibility index (Phi) is 10.4. The van der Waals surface area contributed by atoms with Crippen molar-refractivity contribution in [3.63, 3.8) is 0 Å². The van der Waals surface area contributed by atoms with Crippen LogP contribution in [0.1, 0.15) is 154 Å². The zero-order valence-electron chi connectivity index (χ0n) is 31.0. The Hall–Kier alpha value is -2.16. The second-order valence-electron chi connectivity index (χ2n) is 18.0. The fourth-order valence-electron chi connectivity index (χ4n) is 8.53. The average molecular weight is 678 g/mol. The summed E-state index contributed by atoms with van der Waals surface area (Å²) in [5, 5.41) is 47.5. The lowest BCUT2D eigenvalue weighted by Gasteiger charge is -2.51. The summed E-state index contributed by atoms with van der Waals surface area (Å²) in [6, 6.07) is 4.34. The molecule has 3 aliphatic rings. The molecule has 4 N–H and O–H groups in total. The molecular weight excluding hydrogens is 618 g/mol. The predicted molar refractivity (Wildman–Crippen MR) is 178 cm³/mol. The summed E-state index contributed by atoms with van der Waals surface area (Å²) in [5.41, 5.74) is -3.53. The molecule has 1 unspecified atom stereocenters. The van der Waals surface area contributed by atoms with Gasteiger partial charge in [0.05, 0.1) is 17.2 Å². The smallest absolute Gasteiger partial charge is 0.338 e. The van der Waals surface area contributed by atoms with Crippen LogP contribution in [-0.4, -0.2) is 99.4 Å². The Morgan fingerprint density at radius 2 is 0.833 bits per heavy atom. The minimum atomic E-state index is -1.49. The number of aliphatic hydroxyl groups is 1. The van der Waals surface area contributed by atoms with Crippen LogP contribution in [0.4, 0.5) is 0 Å². The Bertz CT molecular complexity index is 1240. The molecule has 0 aliphatic carbocycles. The molecule has 0 amide bonds. The van der Waals surface area contributed by atoms with Crippen molar-refractivity contribution in [3.8, 4) is 0 Å². The molecule has 1 aromatic carbocycles. The fraction of sp³-hybridized carbons (Fsp3) is 0.778. The zero-order chi connectivity index (χ0) is 36.4. The van der Waals surface area contributed by atoms with Gasteiger partial charge >= 0.3 is 11.9 Å². The van der Waals surface area contributed by atoms with E-state index in [1.807, 2.05) is 83.1 Å². The van der Waals surface area contributed by atoms with Crippen LogP contribution in [0.25, 0.3) is 0 Å². The van der Waals surface area contributed by atoms with Crippen LogP contribution in [-0.2, 0) is 14.2 Å². The predicted octanol–water partition coefficient (Wildman–Crippen LogP) is 6.24. The molecule has 1 atom stereocenters. The number of benzene rings is 1. The molecule has 3 aliphatic heterocycles. The second kappa shape index (κ2) is 12.9. The fourth-order valence-corrected chi connectivity index (χ4v) is 8.53. The standard InChI is InChI=1S/C36H59N3O9/c1-31(2)16-25(17-32(3,4)37(31)43)46-28(40)22-13-23(29(41)47-26-18-33(5,6)38(44)34(7,8)19-26)15-24(14-22)30(42)48-27-20-35(9,10)39(45)36(11,12)21-27/h13-15,25-28,40,43-45H,16-21H2,1-12H3. The first-order valence-electron chi connectivity index (χ1n) is 17.1. The molecule has 0 aromatic heterocycles. The van der Waals surface area contributed by atoms with E-state index in [2.05, 4.69) is 0 Å². The molecule has 3 saturated heterocycles. The molecule has 1 aromatic rings. The normalized spacial score (nSPS) is 26.9. The monoisotopic (exact) mass is 677 g/mol. The number of ether oxygens (including phenoxy) is 3. The molecule has 272 valence electrons. The number of esters is 2. The highest BCUT2D eigenvalue weighted by atomic mass is 16.6. The molecule has 0 radical (unpaired) electrons. The lowest BCUT2D eigenvalue weighted by Crippen LogP contribution is -2.60. The van der Waals surface area contributed by atoms with Crippen LogP contribution in [0.2, 0.25) is 0 Å². The highest BCUT2D eigenvalue weighted by Crippen LogP contribution is 2.41. The molecule has 4 rings (SSSR count). The van der Waals surface area contributed by atoms with Gasteiger partial charge in [0.1, 0.15) is 12.2 Å². The van der Waals surface area contributed by atoms with E-state index in [0.717, 1.165) is 0 Å². The number of rotatable bonds is 7. The lowest BCUT2D eigenvalue weighted by atomic mass is 9.80. The summed E-state index contributed by atoms with van der Waals surface area (Å²) < 4.78 is 18.1. The largest absolute Gasteiger partial charge is 0.459 e. The molecular formula is C36H59N3O9. The molecule has 0 saturated carbocycles. The maximum Gasteiger partial charge on any atom is 0.338 e. The van der Waals surface area contributed by atoms with E-state index in [0.29, 0.717) is 38.5 Å². The summed E-state index contributed by atoms with van der Waals surface area (Å²) in [6.45, 7) is 22.6. The van der Waals surface area contributed by atoms with E-state index in [4.69, 9.17) is 14.2 Å². The molecule has 48 heavy (non-hydrogen) atoms. The van der Waals surface area contributed by atoms with Gasteiger partial charge in [0.2, 0.25) is 0 Å². The lowest BCUT2D eigenvalue weighted by molar-refractivity contribution is -0.275. The summed E-state index contributed by atoms with van der Waals surface area (Å²) in [4.78, 5) is 27.4. The van der Waals surface area contributed by atoms with E-state index < -0.39 is 69.8 Å². The Morgan fingerprint density at radius 3 is 1.12 bits per heavy atom. The van der Waals surface area contributed by atoms with Crippen molar-refractivity contribution in [2.45, 2.75) is 179 Å². The molecule has 12 nitrogen and oxygen atoms in total. The van der Waals surface area contributed by atoms with Gasteiger partial charge in [0.25, 0.3) is 0 Å². The summed E-state index contributed by atoms with van der Waals surface area (Å²) in [5.74, 6) is -1.35. The highest BCUT2D eigenvalue weighted by molar-refractivity contribution is 5.96. The molecule has 12 heteroatoms. The van der Waals surface area contributed by atoms with E-state index in [-0.39, 0.29) is 16.7 Å². The van der Waals surface area contributed by atoms with Gasteiger partial charge in [0, 0.05) is 64.5 Å². The van der Waals surface area contributed by atoms with E-state index in [1.165, 1.54) is 33.4 Å². The van der Waals surface area contributed by atoms with E-state index in [9.17, 15) is 30.3 Å². The number of hydrogen-bond donors (Lipinski definition) is 4. The maximum absolute atomic E-state index is 13.7. The first-order valence-corrected chi connectivity index (χ1v) is 17.1. The number of nitrogens with zero attached hydrogens (tertiary/aromatic N) is 3. The van der Waals surface area contributed by atoms with Crippen LogP contribution in [0.3, 0.4) is 0 Å². The van der Waals surface area contributed by atoms with Crippen molar-refractivity contribution in [3.05, 3.63) is 34.9 Å². The SMILES string of the molecule is CC1(C)CC(OC(=O)c2cc(C(=O)OC3CC(C)(C)N(O)C(C)(C)C3)cc(C(O)OC3CC(C)(C)N(O)C(C)(C)C3)c2)CC(C)(C)N1O. The third kappa shape index (κ3) is 8.07. The van der Waals surface area contributed by atoms with Crippen molar-refractivity contribution in [1.82, 2.24) is 15.2 Å². The number of carbonyl (C=O) groups excluding carboxylic acids is 2. The Labute approximate surface area is 285 Å². The second-order valence-corrected chi connectivity index (χ2v) is 18.0. The number of piperidine rings is 3. The first kappa shape index (κ1) is 38.6. The third-order valence-corrected chi connectivity index (χ3v) is 10.4. The summed E-state index contributed by atoms with van der Waals surface area (Å²) in [7, 11) is 0. The number of carbonyl (C=O) groups is 2. The van der Waals surface area contributed by atoms with Crippen molar-refractivity contribution in [2.75, 3.05) is 0 Å². The van der Waals surface area contributed by atoms with Crippen molar-refractivity contribution in [2.24, 2.45) is 0 Å². The topological polar surface area (TPSA) is 152 Å². The Morgan fingerprint density at radius 1 is 0.562 bits per heavy atom. The van der Waals surface area contributed by atoms with Crippen molar-refractivity contribution in [1.29, 1.82) is 0 Å².